The number of nitrogens with one attached hydrogen (secondary N) is 3. The zero-order valence-corrected chi connectivity index (χ0v) is 18.7. The first kappa shape index (κ1) is 28.3. The number of rotatable bonds is 15. The van der Waals surface area contributed by atoms with E-state index in [0.717, 1.165) is 0 Å². The Bertz CT molecular complexity index is 862. The Hall–Kier alpha value is -3.71. The van der Waals surface area contributed by atoms with Crippen LogP contribution in [0.2, 0.25) is 0 Å². The molecule has 13 heteroatoms. The lowest BCUT2D eigenvalue weighted by Crippen LogP contribution is -2.54. The number of primary amides is 1. The van der Waals surface area contributed by atoms with E-state index in [4.69, 9.17) is 17.2 Å². The lowest BCUT2D eigenvalue weighted by molar-refractivity contribution is -0.142. The van der Waals surface area contributed by atoms with Gasteiger partial charge >= 0.3 is 5.97 Å². The Morgan fingerprint density at radius 2 is 1.59 bits per heavy atom. The number of benzene rings is 1. The molecule has 4 amide bonds. The third-order valence-electron chi connectivity index (χ3n) is 4.77. The summed E-state index contributed by atoms with van der Waals surface area (Å²) in [6, 6.07) is 2.29. The van der Waals surface area contributed by atoms with Crippen LogP contribution in [-0.2, 0) is 30.4 Å². The van der Waals surface area contributed by atoms with Crippen molar-refractivity contribution in [3.05, 3.63) is 29.8 Å². The summed E-state index contributed by atoms with van der Waals surface area (Å²) in [5, 5.41) is 26.0. The van der Waals surface area contributed by atoms with E-state index in [1.165, 1.54) is 24.3 Å². The van der Waals surface area contributed by atoms with Crippen LogP contribution in [0.1, 0.15) is 31.2 Å². The van der Waals surface area contributed by atoms with Gasteiger partial charge in [0, 0.05) is 6.42 Å². The Labute approximate surface area is 196 Å². The van der Waals surface area contributed by atoms with Crippen LogP contribution in [0.15, 0.2) is 24.3 Å². The van der Waals surface area contributed by atoms with Crippen LogP contribution in [0.5, 0.6) is 5.75 Å². The van der Waals surface area contributed by atoms with E-state index in [2.05, 4.69) is 16.0 Å². The van der Waals surface area contributed by atoms with Gasteiger partial charge in [0.05, 0.1) is 19.0 Å². The summed E-state index contributed by atoms with van der Waals surface area (Å²) >= 11 is 0. The first-order valence-corrected chi connectivity index (χ1v) is 10.7. The molecule has 0 radical (unpaired) electrons. The maximum absolute atomic E-state index is 12.8. The van der Waals surface area contributed by atoms with Gasteiger partial charge in [-0.3, -0.25) is 19.2 Å². The second kappa shape index (κ2) is 14.4. The molecule has 0 fully saturated rings. The highest BCUT2D eigenvalue weighted by atomic mass is 16.4. The van der Waals surface area contributed by atoms with E-state index in [0.29, 0.717) is 24.9 Å². The molecule has 0 saturated carbocycles. The number of amides is 4. The molecule has 0 aromatic heterocycles. The Balaban J connectivity index is 2.77. The number of nitrogens with two attached hydrogens (primary N) is 3. The predicted molar refractivity (Wildman–Crippen MR) is 121 cm³/mol. The molecule has 3 unspecified atom stereocenters. The fourth-order valence-electron chi connectivity index (χ4n) is 2.96. The second-order valence-electron chi connectivity index (χ2n) is 7.67. The molecule has 0 aliphatic carbocycles. The van der Waals surface area contributed by atoms with E-state index in [9.17, 15) is 34.2 Å². The number of unbranched alkanes of at least 4 members (excludes halogenated alkanes) is 1. The molecule has 13 nitrogen and oxygen atoms in total. The Kier molecular flexibility index (Phi) is 12.0. The third-order valence-corrected chi connectivity index (χ3v) is 4.77. The van der Waals surface area contributed by atoms with E-state index in [1.807, 2.05) is 0 Å². The fraction of sp³-hybridized carbons (Fsp3) is 0.476. The van der Waals surface area contributed by atoms with Crippen LogP contribution in [0.25, 0.3) is 0 Å². The molecule has 3 atom stereocenters. The van der Waals surface area contributed by atoms with Gasteiger partial charge in [-0.15, -0.1) is 0 Å². The summed E-state index contributed by atoms with van der Waals surface area (Å²) in [4.78, 5) is 59.4. The minimum absolute atomic E-state index is 0.0185. The van der Waals surface area contributed by atoms with Crippen LogP contribution in [0, 0.1) is 0 Å². The standard InChI is InChI=1S/C21H32N6O7/c22-8-2-1-3-15(26-18(30)11-25-19(31)14(23)10-17(24)29)20(32)27-16(21(33)34)9-12-4-6-13(28)7-5-12/h4-7,14-16,28H,1-3,8-11,22-23H2,(H2,24,29)(H,25,31)(H,26,30)(H,27,32)(H,33,34). The van der Waals surface area contributed by atoms with Crippen molar-refractivity contribution >= 4 is 29.6 Å². The summed E-state index contributed by atoms with van der Waals surface area (Å²) < 4.78 is 0. The molecule has 0 saturated heterocycles. The van der Waals surface area contributed by atoms with Crippen molar-refractivity contribution in [2.24, 2.45) is 17.2 Å². The summed E-state index contributed by atoms with van der Waals surface area (Å²) in [5.74, 6) is -4.22. The summed E-state index contributed by atoms with van der Waals surface area (Å²) in [7, 11) is 0. The van der Waals surface area contributed by atoms with Crippen LogP contribution >= 0.6 is 0 Å². The van der Waals surface area contributed by atoms with Gasteiger partial charge in [-0.1, -0.05) is 12.1 Å². The number of phenolic OH excluding ortho intramolecular Hbond substituents is 1. The van der Waals surface area contributed by atoms with E-state index >= 15 is 0 Å². The number of carbonyl (C=O) groups is 5. The van der Waals surface area contributed by atoms with Gasteiger partial charge in [0.2, 0.25) is 23.6 Å². The normalized spacial score (nSPS) is 13.2. The molecule has 1 rings (SSSR count). The number of hydrogen-bond acceptors (Lipinski definition) is 8. The molecule has 0 spiro atoms. The molecular weight excluding hydrogens is 448 g/mol. The van der Waals surface area contributed by atoms with E-state index in [-0.39, 0.29) is 18.6 Å². The molecule has 0 aliphatic rings. The molecule has 34 heavy (non-hydrogen) atoms. The van der Waals surface area contributed by atoms with Gasteiger partial charge in [-0.25, -0.2) is 4.79 Å². The van der Waals surface area contributed by atoms with Crippen molar-refractivity contribution in [3.8, 4) is 5.75 Å². The van der Waals surface area contributed by atoms with Crippen LogP contribution < -0.4 is 33.2 Å². The van der Waals surface area contributed by atoms with Gasteiger partial charge in [0.1, 0.15) is 17.8 Å². The Morgan fingerprint density at radius 1 is 0.941 bits per heavy atom. The number of aliphatic carboxylic acids is 1. The first-order valence-electron chi connectivity index (χ1n) is 10.7. The van der Waals surface area contributed by atoms with Crippen LogP contribution in [-0.4, -0.2) is 71.0 Å². The summed E-state index contributed by atoms with van der Waals surface area (Å²) in [5.41, 5.74) is 16.5. The number of carbonyl (C=O) groups excluding carboxylic acids is 4. The van der Waals surface area contributed by atoms with Gasteiger partial charge in [-0.05, 0) is 43.5 Å². The van der Waals surface area contributed by atoms with Crippen molar-refractivity contribution in [2.45, 2.75) is 50.2 Å². The predicted octanol–water partition coefficient (Wildman–Crippen LogP) is -2.56. The maximum Gasteiger partial charge on any atom is 0.326 e. The summed E-state index contributed by atoms with van der Waals surface area (Å²) in [6.07, 6.45) is 0.817. The molecule has 11 N–H and O–H groups in total. The average molecular weight is 481 g/mol. The SMILES string of the molecule is NCCCCC(NC(=O)CNC(=O)C(N)CC(N)=O)C(=O)NC(Cc1ccc(O)cc1)C(=O)O. The largest absolute Gasteiger partial charge is 0.508 e. The van der Waals surface area contributed by atoms with E-state index < -0.39 is 60.7 Å². The first-order chi connectivity index (χ1) is 16.0. The minimum Gasteiger partial charge on any atom is -0.508 e. The topological polar surface area (TPSA) is 240 Å². The number of carboxylic acid groups (broad SMARTS) is 1. The monoisotopic (exact) mass is 480 g/mol. The van der Waals surface area contributed by atoms with Gasteiger partial charge < -0.3 is 43.4 Å². The zero-order chi connectivity index (χ0) is 25.7. The van der Waals surface area contributed by atoms with Crippen molar-refractivity contribution in [2.75, 3.05) is 13.1 Å². The highest BCUT2D eigenvalue weighted by Gasteiger charge is 2.27. The van der Waals surface area contributed by atoms with E-state index in [1.54, 1.807) is 0 Å². The van der Waals surface area contributed by atoms with Crippen LogP contribution in [0.4, 0.5) is 0 Å². The van der Waals surface area contributed by atoms with Gasteiger partial charge in [0.25, 0.3) is 0 Å². The highest BCUT2D eigenvalue weighted by Crippen LogP contribution is 2.12. The lowest BCUT2D eigenvalue weighted by Gasteiger charge is -2.22. The molecule has 0 aliphatic heterocycles. The maximum atomic E-state index is 12.8. The molecule has 1 aromatic rings. The number of hydrogen-bond donors (Lipinski definition) is 8. The third kappa shape index (κ3) is 10.7. The lowest BCUT2D eigenvalue weighted by atomic mass is 10.0. The van der Waals surface area contributed by atoms with Gasteiger partial charge in [0.15, 0.2) is 0 Å². The smallest absolute Gasteiger partial charge is 0.326 e. The van der Waals surface area contributed by atoms with Crippen molar-refractivity contribution in [3.63, 3.8) is 0 Å². The van der Waals surface area contributed by atoms with Crippen LogP contribution in [0.3, 0.4) is 0 Å². The molecular formula is C21H32N6O7. The summed E-state index contributed by atoms with van der Waals surface area (Å²) in [6.45, 7) is -0.142. The molecule has 188 valence electrons. The number of phenols is 1. The molecule has 0 heterocycles. The average Bonchev–Trinajstić information content (AvgIpc) is 2.77. The van der Waals surface area contributed by atoms with Crippen molar-refractivity contribution in [1.29, 1.82) is 0 Å². The van der Waals surface area contributed by atoms with Gasteiger partial charge in [-0.2, -0.15) is 0 Å². The zero-order valence-electron chi connectivity index (χ0n) is 18.7. The number of carboxylic acids is 1. The fourth-order valence-corrected chi connectivity index (χ4v) is 2.96. The number of aromatic hydroxyl groups is 1. The Morgan fingerprint density at radius 3 is 2.15 bits per heavy atom. The quantitative estimate of drug-likeness (QED) is 0.123. The van der Waals surface area contributed by atoms with Crippen molar-refractivity contribution < 1.29 is 34.2 Å². The molecule has 1 aromatic carbocycles. The minimum atomic E-state index is -1.28. The highest BCUT2D eigenvalue weighted by molar-refractivity contribution is 5.93. The van der Waals surface area contributed by atoms with Crippen molar-refractivity contribution in [1.82, 2.24) is 16.0 Å². The second-order valence-corrected chi connectivity index (χ2v) is 7.67. The molecule has 0 bridgehead atoms.